The largest absolute Gasteiger partial charge is 0.382 e. The molecule has 2 heterocycles. The van der Waals surface area contributed by atoms with Crippen LogP contribution in [0.2, 0.25) is 0 Å². The molecular weight excluding hydrogens is 248 g/mol. The van der Waals surface area contributed by atoms with Crippen molar-refractivity contribution in [3.05, 3.63) is 33.0 Å². The highest BCUT2D eigenvalue weighted by molar-refractivity contribution is 9.10. The Morgan fingerprint density at radius 3 is 2.71 bits per heavy atom. The SMILES string of the molecule is Nc1cc(-c2ccc(Br)c(=O)[nH]2)[nH]n1. The van der Waals surface area contributed by atoms with E-state index in [4.69, 9.17) is 5.73 Å². The molecule has 2 rings (SSSR count). The van der Waals surface area contributed by atoms with Crippen molar-refractivity contribution in [2.45, 2.75) is 0 Å². The number of nitrogen functional groups attached to an aromatic ring is 1. The van der Waals surface area contributed by atoms with E-state index in [9.17, 15) is 4.79 Å². The van der Waals surface area contributed by atoms with Gasteiger partial charge in [-0.2, -0.15) is 5.10 Å². The number of nitrogens with two attached hydrogens (primary N) is 1. The van der Waals surface area contributed by atoms with Crippen molar-refractivity contribution in [1.29, 1.82) is 0 Å². The molecule has 0 spiro atoms. The average molecular weight is 255 g/mol. The molecule has 4 N–H and O–H groups in total. The number of pyridine rings is 1. The second kappa shape index (κ2) is 3.30. The summed E-state index contributed by atoms with van der Waals surface area (Å²) < 4.78 is 0.494. The molecule has 14 heavy (non-hydrogen) atoms. The predicted molar refractivity (Wildman–Crippen MR) is 56.8 cm³/mol. The summed E-state index contributed by atoms with van der Waals surface area (Å²) in [5, 5.41) is 6.47. The van der Waals surface area contributed by atoms with Crippen LogP contribution < -0.4 is 11.3 Å². The number of nitrogens with one attached hydrogen (secondary N) is 2. The first-order valence-electron chi connectivity index (χ1n) is 3.87. The molecule has 0 fully saturated rings. The zero-order valence-corrected chi connectivity index (χ0v) is 8.63. The van der Waals surface area contributed by atoms with Crippen LogP contribution in [-0.2, 0) is 0 Å². The highest BCUT2D eigenvalue weighted by atomic mass is 79.9. The molecule has 0 aliphatic rings. The Balaban J connectivity index is 2.53. The number of halogens is 1. The highest BCUT2D eigenvalue weighted by Gasteiger charge is 2.03. The van der Waals surface area contributed by atoms with Crippen LogP contribution in [0.15, 0.2) is 27.5 Å². The molecular formula is C8H7BrN4O. The second-order valence-corrected chi connectivity index (χ2v) is 3.61. The maximum absolute atomic E-state index is 11.3. The first-order valence-corrected chi connectivity index (χ1v) is 4.66. The lowest BCUT2D eigenvalue weighted by Gasteiger charge is -1.96. The van der Waals surface area contributed by atoms with Gasteiger partial charge in [-0.25, -0.2) is 0 Å². The Hall–Kier alpha value is -1.56. The van der Waals surface area contributed by atoms with Crippen LogP contribution in [0.25, 0.3) is 11.4 Å². The summed E-state index contributed by atoms with van der Waals surface area (Å²) in [5.74, 6) is 0.392. The Bertz CT molecular complexity index is 516. The predicted octanol–water partition coefficient (Wildman–Crippen LogP) is 1.11. The van der Waals surface area contributed by atoms with Crippen molar-refractivity contribution in [2.75, 3.05) is 5.73 Å². The third-order valence-electron chi connectivity index (χ3n) is 1.75. The summed E-state index contributed by atoms with van der Waals surface area (Å²) in [6.07, 6.45) is 0. The lowest BCUT2D eigenvalue weighted by atomic mass is 10.3. The maximum Gasteiger partial charge on any atom is 0.262 e. The first kappa shape index (κ1) is 9.01. The number of anilines is 1. The number of hydrogen-bond donors (Lipinski definition) is 3. The van der Waals surface area contributed by atoms with Crippen LogP contribution in [0.4, 0.5) is 5.82 Å². The molecule has 0 bridgehead atoms. The topological polar surface area (TPSA) is 87.6 Å². The van der Waals surface area contributed by atoms with E-state index in [1.165, 1.54) is 0 Å². The zero-order chi connectivity index (χ0) is 10.1. The average Bonchev–Trinajstić information content (AvgIpc) is 2.57. The fourth-order valence-corrected chi connectivity index (χ4v) is 1.32. The van der Waals surface area contributed by atoms with Crippen LogP contribution >= 0.6 is 15.9 Å². The molecule has 0 aliphatic carbocycles. The van der Waals surface area contributed by atoms with Gasteiger partial charge in [0, 0.05) is 6.07 Å². The van der Waals surface area contributed by atoms with Crippen LogP contribution in [0, 0.1) is 0 Å². The number of H-pyrrole nitrogens is 2. The van der Waals surface area contributed by atoms with Gasteiger partial charge in [0.1, 0.15) is 5.82 Å². The van der Waals surface area contributed by atoms with Gasteiger partial charge in [0.15, 0.2) is 0 Å². The monoisotopic (exact) mass is 254 g/mol. The molecule has 0 saturated heterocycles. The molecule has 0 amide bonds. The summed E-state index contributed by atoms with van der Waals surface area (Å²) in [4.78, 5) is 13.9. The molecule has 72 valence electrons. The van der Waals surface area contributed by atoms with Crippen molar-refractivity contribution >= 4 is 21.7 Å². The fraction of sp³-hybridized carbons (Fsp3) is 0. The van der Waals surface area contributed by atoms with Crippen LogP contribution in [0.5, 0.6) is 0 Å². The minimum Gasteiger partial charge on any atom is -0.382 e. The Morgan fingerprint density at radius 1 is 1.36 bits per heavy atom. The highest BCUT2D eigenvalue weighted by Crippen LogP contribution is 2.15. The standard InChI is InChI=1S/C8H7BrN4O/c9-4-1-2-5(11-8(4)14)6-3-7(10)13-12-6/h1-3H,(H,11,14)(H3,10,12,13). The van der Waals surface area contributed by atoms with E-state index in [-0.39, 0.29) is 5.56 Å². The van der Waals surface area contributed by atoms with Crippen molar-refractivity contribution in [3.8, 4) is 11.4 Å². The summed E-state index contributed by atoms with van der Waals surface area (Å²) in [6, 6.07) is 5.09. The molecule has 0 saturated carbocycles. The maximum atomic E-state index is 11.3. The van der Waals surface area contributed by atoms with Crippen LogP contribution in [0.3, 0.4) is 0 Å². The Labute approximate surface area is 87.5 Å². The van der Waals surface area contributed by atoms with Crippen LogP contribution in [0.1, 0.15) is 0 Å². The molecule has 2 aromatic rings. The molecule has 0 aliphatic heterocycles. The third-order valence-corrected chi connectivity index (χ3v) is 2.37. The summed E-state index contributed by atoms with van der Waals surface area (Å²) >= 11 is 3.11. The quantitative estimate of drug-likeness (QED) is 0.713. The van der Waals surface area contributed by atoms with E-state index in [0.29, 0.717) is 21.7 Å². The van der Waals surface area contributed by atoms with Crippen molar-refractivity contribution in [2.24, 2.45) is 0 Å². The van der Waals surface area contributed by atoms with Gasteiger partial charge in [0.2, 0.25) is 0 Å². The van der Waals surface area contributed by atoms with Gasteiger partial charge in [-0.05, 0) is 28.1 Å². The van der Waals surface area contributed by atoms with E-state index in [2.05, 4.69) is 31.1 Å². The van der Waals surface area contributed by atoms with Gasteiger partial charge in [-0.3, -0.25) is 9.89 Å². The number of aromatic nitrogens is 3. The van der Waals surface area contributed by atoms with E-state index >= 15 is 0 Å². The van der Waals surface area contributed by atoms with Gasteiger partial charge in [-0.1, -0.05) is 0 Å². The van der Waals surface area contributed by atoms with Gasteiger partial charge in [0.25, 0.3) is 5.56 Å². The molecule has 0 aromatic carbocycles. The number of aromatic amines is 2. The Kier molecular flexibility index (Phi) is 2.12. The minimum absolute atomic E-state index is 0.185. The molecule has 0 atom stereocenters. The zero-order valence-electron chi connectivity index (χ0n) is 7.04. The Morgan fingerprint density at radius 2 is 2.14 bits per heavy atom. The van der Waals surface area contributed by atoms with Crippen molar-refractivity contribution in [1.82, 2.24) is 15.2 Å². The third kappa shape index (κ3) is 1.56. The first-order chi connectivity index (χ1) is 6.66. The summed E-state index contributed by atoms with van der Waals surface area (Å²) in [5.41, 5.74) is 6.60. The van der Waals surface area contributed by atoms with Crippen LogP contribution in [-0.4, -0.2) is 15.2 Å². The minimum atomic E-state index is -0.185. The molecule has 0 radical (unpaired) electrons. The lowest BCUT2D eigenvalue weighted by Crippen LogP contribution is -2.06. The fourth-order valence-electron chi connectivity index (χ4n) is 1.09. The molecule has 2 aromatic heterocycles. The smallest absolute Gasteiger partial charge is 0.262 e. The van der Waals surface area contributed by atoms with Gasteiger partial charge >= 0.3 is 0 Å². The molecule has 5 nitrogen and oxygen atoms in total. The normalized spacial score (nSPS) is 10.4. The van der Waals surface area contributed by atoms with Crippen molar-refractivity contribution < 1.29 is 0 Å². The second-order valence-electron chi connectivity index (χ2n) is 2.76. The van der Waals surface area contributed by atoms with Gasteiger partial charge in [-0.15, -0.1) is 0 Å². The van der Waals surface area contributed by atoms with E-state index in [1.807, 2.05) is 0 Å². The van der Waals surface area contributed by atoms with Crippen molar-refractivity contribution in [3.63, 3.8) is 0 Å². The summed E-state index contributed by atoms with van der Waals surface area (Å²) in [6.45, 7) is 0. The summed E-state index contributed by atoms with van der Waals surface area (Å²) in [7, 11) is 0. The lowest BCUT2D eigenvalue weighted by molar-refractivity contribution is 1.09. The molecule has 0 unspecified atom stereocenters. The van der Waals surface area contributed by atoms with E-state index in [1.54, 1.807) is 18.2 Å². The van der Waals surface area contributed by atoms with E-state index < -0.39 is 0 Å². The van der Waals surface area contributed by atoms with Gasteiger partial charge in [0.05, 0.1) is 15.9 Å². The number of hydrogen-bond acceptors (Lipinski definition) is 3. The van der Waals surface area contributed by atoms with E-state index in [0.717, 1.165) is 0 Å². The number of rotatable bonds is 1. The number of nitrogens with zero attached hydrogens (tertiary/aromatic N) is 1. The molecule has 6 heteroatoms. The van der Waals surface area contributed by atoms with Gasteiger partial charge < -0.3 is 10.7 Å².